The zero-order valence-electron chi connectivity index (χ0n) is 10.5. The lowest BCUT2D eigenvalue weighted by atomic mass is 10.4. The van der Waals surface area contributed by atoms with Crippen molar-refractivity contribution in [2.24, 2.45) is 0 Å². The SMILES string of the molecule is CCCNc1ncc(Br)c(NCC(C)SC)n1. The Bertz CT molecular complexity index is 348. The summed E-state index contributed by atoms with van der Waals surface area (Å²) in [6.45, 7) is 6.08. The normalized spacial score (nSPS) is 12.2. The molecule has 1 rings (SSSR count). The number of nitrogens with one attached hydrogen (secondary N) is 2. The van der Waals surface area contributed by atoms with Crippen LogP contribution in [0.4, 0.5) is 11.8 Å². The van der Waals surface area contributed by atoms with Gasteiger partial charge in [0.15, 0.2) is 0 Å². The molecule has 0 aromatic carbocycles. The molecule has 0 saturated heterocycles. The first-order chi connectivity index (χ1) is 8.17. The predicted octanol–water partition coefficient (Wildman–Crippen LogP) is 3.22. The second-order valence-corrected chi connectivity index (χ2v) is 5.87. The van der Waals surface area contributed by atoms with E-state index in [0.29, 0.717) is 11.2 Å². The van der Waals surface area contributed by atoms with E-state index in [1.807, 2.05) is 11.8 Å². The maximum Gasteiger partial charge on any atom is 0.224 e. The maximum absolute atomic E-state index is 4.43. The molecule has 1 aromatic heterocycles. The lowest BCUT2D eigenvalue weighted by molar-refractivity contribution is 0.943. The van der Waals surface area contributed by atoms with Crippen LogP contribution in [0.2, 0.25) is 0 Å². The van der Waals surface area contributed by atoms with Crippen LogP contribution in [0.15, 0.2) is 10.7 Å². The first-order valence-electron chi connectivity index (χ1n) is 5.70. The van der Waals surface area contributed by atoms with Gasteiger partial charge in [-0.3, -0.25) is 0 Å². The van der Waals surface area contributed by atoms with Crippen LogP contribution in [0.1, 0.15) is 20.3 Å². The van der Waals surface area contributed by atoms with Crippen LogP contribution in [0.5, 0.6) is 0 Å². The zero-order valence-corrected chi connectivity index (χ0v) is 12.9. The average molecular weight is 319 g/mol. The zero-order chi connectivity index (χ0) is 12.7. The molecule has 0 amide bonds. The van der Waals surface area contributed by atoms with Crippen molar-refractivity contribution in [2.75, 3.05) is 30.0 Å². The van der Waals surface area contributed by atoms with E-state index in [-0.39, 0.29) is 0 Å². The highest BCUT2D eigenvalue weighted by atomic mass is 79.9. The van der Waals surface area contributed by atoms with Crippen molar-refractivity contribution in [3.8, 4) is 0 Å². The molecule has 1 atom stereocenters. The molecular weight excluding hydrogens is 300 g/mol. The number of thioether (sulfide) groups is 1. The summed E-state index contributed by atoms with van der Waals surface area (Å²) >= 11 is 5.28. The minimum atomic E-state index is 0.559. The number of rotatable bonds is 7. The topological polar surface area (TPSA) is 49.8 Å². The smallest absolute Gasteiger partial charge is 0.224 e. The van der Waals surface area contributed by atoms with Crippen molar-refractivity contribution < 1.29 is 0 Å². The molecule has 0 saturated carbocycles. The number of anilines is 2. The highest BCUT2D eigenvalue weighted by Crippen LogP contribution is 2.20. The summed E-state index contributed by atoms with van der Waals surface area (Å²) in [4.78, 5) is 8.64. The molecule has 1 unspecified atom stereocenters. The van der Waals surface area contributed by atoms with E-state index >= 15 is 0 Å². The molecule has 0 aliphatic carbocycles. The Balaban J connectivity index is 2.62. The van der Waals surface area contributed by atoms with Gasteiger partial charge >= 0.3 is 0 Å². The summed E-state index contributed by atoms with van der Waals surface area (Å²) in [5.74, 6) is 1.52. The molecule has 17 heavy (non-hydrogen) atoms. The fourth-order valence-corrected chi connectivity index (χ4v) is 1.72. The van der Waals surface area contributed by atoms with Gasteiger partial charge in [0.05, 0.1) is 4.47 Å². The van der Waals surface area contributed by atoms with E-state index < -0.39 is 0 Å². The summed E-state index contributed by atoms with van der Waals surface area (Å²) in [6, 6.07) is 0. The van der Waals surface area contributed by atoms with E-state index in [1.165, 1.54) is 0 Å². The molecule has 0 spiro atoms. The Labute approximate surface area is 116 Å². The fraction of sp³-hybridized carbons (Fsp3) is 0.636. The van der Waals surface area contributed by atoms with Crippen molar-refractivity contribution in [2.45, 2.75) is 25.5 Å². The molecule has 1 heterocycles. The summed E-state index contributed by atoms with van der Waals surface area (Å²) < 4.78 is 0.896. The molecular formula is C11H19BrN4S. The van der Waals surface area contributed by atoms with Crippen molar-refractivity contribution in [1.29, 1.82) is 0 Å². The Hall–Kier alpha value is -0.490. The van der Waals surface area contributed by atoms with Crippen molar-refractivity contribution >= 4 is 39.5 Å². The van der Waals surface area contributed by atoms with Gasteiger partial charge < -0.3 is 10.6 Å². The van der Waals surface area contributed by atoms with E-state index in [4.69, 9.17) is 0 Å². The van der Waals surface area contributed by atoms with Gasteiger partial charge in [0.1, 0.15) is 5.82 Å². The second-order valence-electron chi connectivity index (χ2n) is 3.74. The van der Waals surface area contributed by atoms with Gasteiger partial charge in [0, 0.05) is 24.5 Å². The largest absolute Gasteiger partial charge is 0.368 e. The van der Waals surface area contributed by atoms with Crippen molar-refractivity contribution in [1.82, 2.24) is 9.97 Å². The summed E-state index contributed by atoms with van der Waals surface area (Å²) in [6.07, 6.45) is 4.94. The summed E-state index contributed by atoms with van der Waals surface area (Å²) in [7, 11) is 0. The molecule has 2 N–H and O–H groups in total. The molecule has 0 aliphatic rings. The number of hydrogen-bond acceptors (Lipinski definition) is 5. The molecule has 0 bridgehead atoms. The highest BCUT2D eigenvalue weighted by Gasteiger charge is 2.06. The van der Waals surface area contributed by atoms with Crippen LogP contribution in [0.25, 0.3) is 0 Å². The van der Waals surface area contributed by atoms with Crippen LogP contribution in [-0.4, -0.2) is 34.6 Å². The number of halogens is 1. The molecule has 0 fully saturated rings. The minimum Gasteiger partial charge on any atom is -0.368 e. The third-order valence-electron chi connectivity index (χ3n) is 2.24. The molecule has 6 heteroatoms. The first-order valence-corrected chi connectivity index (χ1v) is 7.78. The van der Waals surface area contributed by atoms with Gasteiger partial charge in [-0.1, -0.05) is 13.8 Å². The van der Waals surface area contributed by atoms with Crippen LogP contribution in [0.3, 0.4) is 0 Å². The van der Waals surface area contributed by atoms with Crippen LogP contribution in [0, 0.1) is 0 Å². The lowest BCUT2D eigenvalue weighted by Gasteiger charge is -2.12. The molecule has 1 aromatic rings. The van der Waals surface area contributed by atoms with Gasteiger partial charge in [-0.25, -0.2) is 4.98 Å². The molecule has 4 nitrogen and oxygen atoms in total. The minimum absolute atomic E-state index is 0.559. The number of hydrogen-bond donors (Lipinski definition) is 2. The Morgan fingerprint density at radius 3 is 2.88 bits per heavy atom. The van der Waals surface area contributed by atoms with Gasteiger partial charge in [-0.15, -0.1) is 0 Å². The van der Waals surface area contributed by atoms with Crippen LogP contribution < -0.4 is 10.6 Å². The van der Waals surface area contributed by atoms with Gasteiger partial charge in [-0.2, -0.15) is 16.7 Å². The first kappa shape index (κ1) is 14.6. The molecule has 0 radical (unpaired) electrons. The summed E-state index contributed by atoms with van der Waals surface area (Å²) in [5.41, 5.74) is 0. The van der Waals surface area contributed by atoms with E-state index in [9.17, 15) is 0 Å². The van der Waals surface area contributed by atoms with Crippen molar-refractivity contribution in [3.05, 3.63) is 10.7 Å². The maximum atomic E-state index is 4.43. The fourth-order valence-electron chi connectivity index (χ4n) is 1.14. The molecule has 0 aliphatic heterocycles. The van der Waals surface area contributed by atoms with E-state index in [1.54, 1.807) is 6.20 Å². The number of aromatic nitrogens is 2. The second kappa shape index (κ2) is 7.76. The third-order valence-corrected chi connectivity index (χ3v) is 3.79. The van der Waals surface area contributed by atoms with Gasteiger partial charge in [0.2, 0.25) is 5.95 Å². The highest BCUT2D eigenvalue weighted by molar-refractivity contribution is 9.10. The van der Waals surface area contributed by atoms with E-state index in [2.05, 4.69) is 56.6 Å². The summed E-state index contributed by atoms with van der Waals surface area (Å²) in [5, 5.41) is 7.06. The monoisotopic (exact) mass is 318 g/mol. The Morgan fingerprint density at radius 2 is 2.24 bits per heavy atom. The lowest BCUT2D eigenvalue weighted by Crippen LogP contribution is -2.15. The Morgan fingerprint density at radius 1 is 1.47 bits per heavy atom. The molecule has 96 valence electrons. The van der Waals surface area contributed by atoms with Gasteiger partial charge in [0.25, 0.3) is 0 Å². The van der Waals surface area contributed by atoms with E-state index in [0.717, 1.165) is 29.8 Å². The standard InChI is InChI=1S/C11H19BrN4S/c1-4-5-13-11-15-7-9(12)10(16-11)14-6-8(2)17-3/h7-8H,4-6H2,1-3H3,(H2,13,14,15,16). The predicted molar refractivity (Wildman–Crippen MR) is 80.0 cm³/mol. The average Bonchev–Trinajstić information content (AvgIpc) is 2.35. The van der Waals surface area contributed by atoms with Crippen LogP contribution in [-0.2, 0) is 0 Å². The number of nitrogens with zero attached hydrogens (tertiary/aromatic N) is 2. The Kier molecular flexibility index (Phi) is 6.65. The van der Waals surface area contributed by atoms with Crippen LogP contribution >= 0.6 is 27.7 Å². The van der Waals surface area contributed by atoms with Crippen molar-refractivity contribution in [3.63, 3.8) is 0 Å². The van der Waals surface area contributed by atoms with Gasteiger partial charge in [-0.05, 0) is 28.6 Å². The third kappa shape index (κ3) is 5.12. The quantitative estimate of drug-likeness (QED) is 0.808.